The van der Waals surface area contributed by atoms with Crippen LogP contribution in [0.4, 0.5) is 0 Å². The van der Waals surface area contributed by atoms with Crippen LogP contribution in [0.5, 0.6) is 17.2 Å². The third-order valence-electron chi connectivity index (χ3n) is 6.33. The maximum Gasteiger partial charge on any atom is 0.123 e. The van der Waals surface area contributed by atoms with Crippen molar-refractivity contribution in [3.8, 4) is 17.2 Å². The molecule has 1 atom stereocenters. The molecule has 0 saturated heterocycles. The van der Waals surface area contributed by atoms with E-state index in [2.05, 4.69) is 33.7 Å². The number of rotatable bonds is 7. The number of hydrogen-bond donors (Lipinski definition) is 1. The van der Waals surface area contributed by atoms with Gasteiger partial charge in [-0.2, -0.15) is 0 Å². The molecule has 0 spiro atoms. The zero-order valence-corrected chi connectivity index (χ0v) is 20.5. The van der Waals surface area contributed by atoms with Gasteiger partial charge in [0.15, 0.2) is 0 Å². The minimum absolute atomic E-state index is 0.471. The van der Waals surface area contributed by atoms with Gasteiger partial charge in [0.25, 0.3) is 0 Å². The van der Waals surface area contributed by atoms with E-state index < -0.39 is 5.41 Å². The lowest BCUT2D eigenvalue weighted by Gasteiger charge is -2.34. The summed E-state index contributed by atoms with van der Waals surface area (Å²) in [5, 5.41) is 14.0. The van der Waals surface area contributed by atoms with E-state index in [0.29, 0.717) is 18.6 Å². The molecule has 3 aromatic carbocycles. The maximum absolute atomic E-state index is 10.2. The van der Waals surface area contributed by atoms with Gasteiger partial charge in [-0.25, -0.2) is 0 Å². The first-order valence-electron chi connectivity index (χ1n) is 10.5. The van der Waals surface area contributed by atoms with Crippen LogP contribution < -0.4 is 14.2 Å². The lowest BCUT2D eigenvalue weighted by atomic mass is 9.69. The largest absolute Gasteiger partial charge is 0.497 e. The number of ether oxygens (including phenoxy) is 3. The Morgan fingerprint density at radius 2 is 1.73 bits per heavy atom. The summed E-state index contributed by atoms with van der Waals surface area (Å²) in [4.78, 5) is 0. The van der Waals surface area contributed by atoms with Gasteiger partial charge in [0.2, 0.25) is 0 Å². The van der Waals surface area contributed by atoms with Gasteiger partial charge < -0.3 is 19.4 Å². The molecule has 0 saturated carbocycles. The smallest absolute Gasteiger partial charge is 0.123 e. The Hall–Kier alpha value is -3.25. The molecule has 0 unspecified atom stereocenters. The predicted octanol–water partition coefficient (Wildman–Crippen LogP) is 6.25. The topological polar surface area (TPSA) is 60.3 Å². The van der Waals surface area contributed by atoms with Crippen molar-refractivity contribution in [3.63, 3.8) is 0 Å². The Kier molecular flexibility index (Phi) is 6.47. The zero-order valence-electron chi connectivity index (χ0n) is 18.9. The second-order valence-corrected chi connectivity index (χ2v) is 8.84. The Balaban J connectivity index is 1.97. The monoisotopic (exact) mass is 507 g/mol. The Morgan fingerprint density at radius 3 is 2.42 bits per heavy atom. The highest BCUT2D eigenvalue weighted by Gasteiger charge is 2.49. The van der Waals surface area contributed by atoms with E-state index in [1.54, 1.807) is 21.3 Å². The molecule has 0 heterocycles. The van der Waals surface area contributed by atoms with Gasteiger partial charge >= 0.3 is 0 Å². The summed E-state index contributed by atoms with van der Waals surface area (Å²) in [6.07, 6.45) is 0.978. The first-order chi connectivity index (χ1) is 16.0. The molecule has 1 N–H and O–H groups in total. The molecule has 0 aliphatic heterocycles. The summed E-state index contributed by atoms with van der Waals surface area (Å²) < 4.78 is 17.7. The van der Waals surface area contributed by atoms with Crippen molar-refractivity contribution >= 4 is 27.2 Å². The highest BCUT2D eigenvalue weighted by Crippen LogP contribution is 2.52. The van der Waals surface area contributed by atoms with Crippen molar-refractivity contribution in [1.29, 1.82) is 0 Å². The van der Waals surface area contributed by atoms with Crippen LogP contribution >= 0.6 is 15.9 Å². The van der Waals surface area contributed by atoms with E-state index in [0.717, 1.165) is 49.5 Å². The van der Waals surface area contributed by atoms with Crippen molar-refractivity contribution in [2.24, 2.45) is 5.16 Å². The second kappa shape index (κ2) is 9.32. The summed E-state index contributed by atoms with van der Waals surface area (Å²) in [5.41, 5.74) is 4.62. The van der Waals surface area contributed by atoms with Crippen LogP contribution in [0.3, 0.4) is 0 Å². The number of oxime groups is 1. The molecule has 6 heteroatoms. The van der Waals surface area contributed by atoms with Crippen LogP contribution in [0.2, 0.25) is 0 Å². The van der Waals surface area contributed by atoms with Gasteiger partial charge in [0.05, 0.1) is 32.5 Å². The van der Waals surface area contributed by atoms with E-state index in [1.165, 1.54) is 0 Å². The highest BCUT2D eigenvalue weighted by atomic mass is 79.9. The van der Waals surface area contributed by atoms with E-state index in [1.807, 2.05) is 54.6 Å². The summed E-state index contributed by atoms with van der Waals surface area (Å²) >= 11 is 3.66. The number of methoxy groups -OCH3 is 3. The van der Waals surface area contributed by atoms with Gasteiger partial charge in [0.1, 0.15) is 17.2 Å². The van der Waals surface area contributed by atoms with Crippen LogP contribution in [0.1, 0.15) is 28.7 Å². The quantitative estimate of drug-likeness (QED) is 0.303. The predicted molar refractivity (Wildman–Crippen MR) is 134 cm³/mol. The Labute approximate surface area is 202 Å². The molecule has 4 rings (SSSR count). The average molecular weight is 508 g/mol. The molecule has 0 amide bonds. The molecule has 0 aromatic heterocycles. The molecule has 3 aromatic rings. The number of allylic oxidation sites excluding steroid dienone is 1. The SMILES string of the molecule is C=C(C[C@@]1(c2cccc(OC)c2)/C(=N/O)Cc2cccc(OC)c21)c1cc(OC)ccc1Br. The second-order valence-electron chi connectivity index (χ2n) is 7.98. The van der Waals surface area contributed by atoms with Crippen LogP contribution in [0, 0.1) is 0 Å². The van der Waals surface area contributed by atoms with E-state index >= 15 is 0 Å². The number of halogens is 1. The number of hydrogen-bond acceptors (Lipinski definition) is 5. The molecule has 0 radical (unpaired) electrons. The fourth-order valence-electron chi connectivity index (χ4n) is 4.78. The Bertz CT molecular complexity index is 1240. The summed E-state index contributed by atoms with van der Waals surface area (Å²) in [5.74, 6) is 2.21. The van der Waals surface area contributed by atoms with Gasteiger partial charge in [-0.05, 0) is 65.1 Å². The molecule has 0 bridgehead atoms. The maximum atomic E-state index is 10.2. The first-order valence-corrected chi connectivity index (χ1v) is 11.3. The molecular formula is C27H26BrNO4. The van der Waals surface area contributed by atoms with Crippen LogP contribution in [0.15, 0.2) is 76.9 Å². The lowest BCUT2D eigenvalue weighted by molar-refractivity contribution is 0.313. The molecule has 170 valence electrons. The zero-order chi connectivity index (χ0) is 23.6. The molecule has 33 heavy (non-hydrogen) atoms. The van der Waals surface area contributed by atoms with Crippen molar-refractivity contribution < 1.29 is 19.4 Å². The fourth-order valence-corrected chi connectivity index (χ4v) is 5.31. The average Bonchev–Trinajstić information content (AvgIpc) is 3.18. The van der Waals surface area contributed by atoms with E-state index in [4.69, 9.17) is 14.2 Å². The molecule has 1 aliphatic carbocycles. The van der Waals surface area contributed by atoms with Crippen molar-refractivity contribution in [2.75, 3.05) is 21.3 Å². The molecular weight excluding hydrogens is 482 g/mol. The first kappa shape index (κ1) is 22.9. The van der Waals surface area contributed by atoms with Crippen LogP contribution in [-0.4, -0.2) is 32.2 Å². The third-order valence-corrected chi connectivity index (χ3v) is 7.02. The van der Waals surface area contributed by atoms with Gasteiger partial charge in [-0.1, -0.05) is 51.9 Å². The van der Waals surface area contributed by atoms with Crippen LogP contribution in [0.25, 0.3) is 5.57 Å². The van der Waals surface area contributed by atoms with Gasteiger partial charge in [-0.3, -0.25) is 0 Å². The third kappa shape index (κ3) is 3.89. The number of nitrogens with zero attached hydrogens (tertiary/aromatic N) is 1. The number of fused-ring (bicyclic) bond motifs is 1. The van der Waals surface area contributed by atoms with Gasteiger partial charge in [0, 0.05) is 16.5 Å². The lowest BCUT2D eigenvalue weighted by Crippen LogP contribution is -2.34. The number of benzene rings is 3. The van der Waals surface area contributed by atoms with Crippen LogP contribution in [-0.2, 0) is 11.8 Å². The molecule has 5 nitrogen and oxygen atoms in total. The summed E-state index contributed by atoms with van der Waals surface area (Å²) in [6.45, 7) is 4.44. The van der Waals surface area contributed by atoms with E-state index in [9.17, 15) is 5.21 Å². The van der Waals surface area contributed by atoms with Crippen molar-refractivity contribution in [3.05, 3.63) is 94.0 Å². The minimum Gasteiger partial charge on any atom is -0.497 e. The Morgan fingerprint density at radius 1 is 1.00 bits per heavy atom. The standard InChI is InChI=1S/C27H26BrNO4/c1-17(22-15-21(32-3)11-12-23(22)28)16-27(19-8-6-9-20(14-19)31-2)25(29-30)13-18-7-5-10-24(33-4)26(18)27/h5-12,14-15,30H,1,13,16H2,2-4H3/b29-25+/t27-/m1/s1. The summed E-state index contributed by atoms with van der Waals surface area (Å²) in [7, 11) is 4.94. The summed E-state index contributed by atoms with van der Waals surface area (Å²) in [6, 6.07) is 19.6. The highest BCUT2D eigenvalue weighted by molar-refractivity contribution is 9.10. The fraction of sp³-hybridized carbons (Fsp3) is 0.222. The molecule has 1 aliphatic rings. The van der Waals surface area contributed by atoms with Gasteiger partial charge in [-0.15, -0.1) is 0 Å². The van der Waals surface area contributed by atoms with Crippen molar-refractivity contribution in [2.45, 2.75) is 18.3 Å². The van der Waals surface area contributed by atoms with E-state index in [-0.39, 0.29) is 0 Å². The van der Waals surface area contributed by atoms with Crippen molar-refractivity contribution in [1.82, 2.24) is 0 Å². The molecule has 0 fully saturated rings. The normalized spacial score (nSPS) is 18.1. The minimum atomic E-state index is -0.787.